The standard InChI is InChI=1S/4ClH.Cu.2Li.2H/h4*1H;;;;;. The quantitative estimate of drug-likeness (QED) is 0.523. The Morgan fingerprint density at radius 3 is 0.429 bits per heavy atom. The summed E-state index contributed by atoms with van der Waals surface area (Å²) in [6.07, 6.45) is 0. The predicted octanol–water partition coefficient (Wildman–Crippen LogP) is 0.388. The molecular weight excluding hydrogens is 219 g/mol. The van der Waals surface area contributed by atoms with Gasteiger partial charge in [0, 0.05) is 17.1 Å². The van der Waals surface area contributed by atoms with Crippen molar-refractivity contribution < 1.29 is 17.1 Å². The van der Waals surface area contributed by atoms with Crippen molar-refractivity contribution in [1.29, 1.82) is 0 Å². The van der Waals surface area contributed by atoms with Crippen molar-refractivity contribution >= 4 is 87.3 Å². The van der Waals surface area contributed by atoms with Crippen LogP contribution >= 0.6 is 49.6 Å². The third kappa shape index (κ3) is 50.8. The molecule has 0 heterocycles. The van der Waals surface area contributed by atoms with Crippen LogP contribution in [0, 0.1) is 0 Å². The van der Waals surface area contributed by atoms with Gasteiger partial charge in [-0.3, -0.25) is 0 Å². The minimum absolute atomic E-state index is 0. The van der Waals surface area contributed by atoms with Gasteiger partial charge in [0.15, 0.2) is 0 Å². The van der Waals surface area contributed by atoms with E-state index in [9.17, 15) is 0 Å². The van der Waals surface area contributed by atoms with Crippen LogP contribution in [0.1, 0.15) is 0 Å². The first-order valence-corrected chi connectivity index (χ1v) is 0. The summed E-state index contributed by atoms with van der Waals surface area (Å²) in [5.74, 6) is 0. The third-order valence-electron chi connectivity index (χ3n) is 0. The van der Waals surface area contributed by atoms with Gasteiger partial charge in [-0.2, -0.15) is 0 Å². The Balaban J connectivity index is 0. The topological polar surface area (TPSA) is 0 Å². The summed E-state index contributed by atoms with van der Waals surface area (Å²) in [6, 6.07) is 0. The van der Waals surface area contributed by atoms with Crippen molar-refractivity contribution in [2.45, 2.75) is 0 Å². The summed E-state index contributed by atoms with van der Waals surface area (Å²) in [5.41, 5.74) is 0. The molecular formula is H6Cl4CuLi2. The SMILES string of the molecule is Cl.Cl.Cl.Cl.[Cu].[LiH].[LiH]. The minimum atomic E-state index is 0. The van der Waals surface area contributed by atoms with Crippen molar-refractivity contribution in [2.75, 3.05) is 0 Å². The molecule has 0 fully saturated rings. The number of hydrogen-bond donors (Lipinski definition) is 0. The molecule has 0 bridgehead atoms. The Morgan fingerprint density at radius 1 is 0.429 bits per heavy atom. The Morgan fingerprint density at radius 2 is 0.429 bits per heavy atom. The maximum atomic E-state index is 0. The Bertz CT molecular complexity index is 9.65. The molecule has 1 radical (unpaired) electrons. The molecule has 0 aromatic rings. The Hall–Kier alpha value is 2.87. The van der Waals surface area contributed by atoms with Crippen LogP contribution in [-0.2, 0) is 17.1 Å². The molecule has 0 saturated heterocycles. The van der Waals surface area contributed by atoms with Crippen LogP contribution in [-0.4, -0.2) is 37.7 Å². The zero-order chi connectivity index (χ0) is 0. The molecule has 0 amide bonds. The normalized spacial score (nSPS) is 0. The summed E-state index contributed by atoms with van der Waals surface area (Å²) in [6.45, 7) is 0. The molecule has 0 saturated carbocycles. The van der Waals surface area contributed by atoms with Crippen LogP contribution < -0.4 is 0 Å². The second-order valence-electron chi connectivity index (χ2n) is 0. The van der Waals surface area contributed by atoms with Gasteiger partial charge in [0.1, 0.15) is 0 Å². The van der Waals surface area contributed by atoms with E-state index < -0.39 is 0 Å². The molecule has 0 atom stereocenters. The van der Waals surface area contributed by atoms with Gasteiger partial charge < -0.3 is 0 Å². The summed E-state index contributed by atoms with van der Waals surface area (Å²) in [7, 11) is 0. The second-order valence-corrected chi connectivity index (χ2v) is 0. The molecule has 7 heavy (non-hydrogen) atoms. The number of rotatable bonds is 0. The molecule has 0 aliphatic carbocycles. The molecule has 0 rings (SSSR count). The van der Waals surface area contributed by atoms with Crippen molar-refractivity contribution in [2.24, 2.45) is 0 Å². The van der Waals surface area contributed by atoms with E-state index in [1.54, 1.807) is 0 Å². The van der Waals surface area contributed by atoms with E-state index in [-0.39, 0.29) is 104 Å². The van der Waals surface area contributed by atoms with Gasteiger partial charge in [0.05, 0.1) is 0 Å². The molecule has 7 heteroatoms. The van der Waals surface area contributed by atoms with Crippen molar-refractivity contribution in [3.8, 4) is 0 Å². The third-order valence-corrected chi connectivity index (χ3v) is 0. The molecule has 0 unspecified atom stereocenters. The van der Waals surface area contributed by atoms with Crippen LogP contribution in [0.15, 0.2) is 0 Å². The van der Waals surface area contributed by atoms with Gasteiger partial charge in [-0.1, -0.05) is 0 Å². The van der Waals surface area contributed by atoms with Gasteiger partial charge in [-0.25, -0.2) is 0 Å². The first-order chi connectivity index (χ1) is 0. The van der Waals surface area contributed by atoms with Gasteiger partial charge >= 0.3 is 37.7 Å². The van der Waals surface area contributed by atoms with Crippen LogP contribution in [0.5, 0.6) is 0 Å². The van der Waals surface area contributed by atoms with Gasteiger partial charge in [0.2, 0.25) is 0 Å². The molecule has 0 aliphatic heterocycles. The number of hydrogen-bond acceptors (Lipinski definition) is 0. The van der Waals surface area contributed by atoms with E-state index in [1.165, 1.54) is 0 Å². The summed E-state index contributed by atoms with van der Waals surface area (Å²) >= 11 is 0. The molecule has 0 nitrogen and oxygen atoms in total. The zero-order valence-electron chi connectivity index (χ0n) is 1.93. The molecule has 47 valence electrons. The maximum absolute atomic E-state index is 0. The van der Waals surface area contributed by atoms with E-state index in [1.807, 2.05) is 0 Å². The molecule has 0 aromatic carbocycles. The van der Waals surface area contributed by atoms with Crippen LogP contribution in [0.2, 0.25) is 0 Å². The van der Waals surface area contributed by atoms with Gasteiger partial charge in [-0.15, -0.1) is 49.6 Å². The molecule has 0 aliphatic rings. The monoisotopic (exact) mass is 223 g/mol. The zero-order valence-corrected chi connectivity index (χ0v) is 6.14. The van der Waals surface area contributed by atoms with Gasteiger partial charge in [-0.05, 0) is 0 Å². The van der Waals surface area contributed by atoms with Crippen molar-refractivity contribution in [3.63, 3.8) is 0 Å². The molecule has 0 N–H and O–H groups in total. The number of halogens is 4. The predicted molar refractivity (Wildman–Crippen MR) is 43.3 cm³/mol. The Kier molecular flexibility index (Phi) is 896. The summed E-state index contributed by atoms with van der Waals surface area (Å²) in [4.78, 5) is 0. The van der Waals surface area contributed by atoms with E-state index in [4.69, 9.17) is 0 Å². The fourth-order valence-electron chi connectivity index (χ4n) is 0. The fraction of sp³-hybridized carbons (Fsp3) is 0. The van der Waals surface area contributed by atoms with E-state index in [0.29, 0.717) is 0 Å². The first-order valence-electron chi connectivity index (χ1n) is 0. The van der Waals surface area contributed by atoms with Crippen molar-refractivity contribution in [1.82, 2.24) is 0 Å². The Labute approximate surface area is 103 Å². The molecule has 0 spiro atoms. The van der Waals surface area contributed by atoms with E-state index in [0.717, 1.165) is 0 Å². The van der Waals surface area contributed by atoms with Crippen molar-refractivity contribution in [3.05, 3.63) is 0 Å². The van der Waals surface area contributed by atoms with Crippen LogP contribution in [0.25, 0.3) is 0 Å². The second kappa shape index (κ2) is 66.6. The molecule has 0 aromatic heterocycles. The fourth-order valence-corrected chi connectivity index (χ4v) is 0. The van der Waals surface area contributed by atoms with Crippen LogP contribution in [0.3, 0.4) is 0 Å². The van der Waals surface area contributed by atoms with E-state index in [2.05, 4.69) is 0 Å². The average Bonchev–Trinajstić information content (AvgIpc) is 0. The van der Waals surface area contributed by atoms with E-state index >= 15 is 0 Å². The summed E-state index contributed by atoms with van der Waals surface area (Å²) in [5, 5.41) is 0. The van der Waals surface area contributed by atoms with Gasteiger partial charge in [0.25, 0.3) is 0 Å². The average molecular weight is 225 g/mol. The van der Waals surface area contributed by atoms with Crippen LogP contribution in [0.4, 0.5) is 0 Å². The summed E-state index contributed by atoms with van der Waals surface area (Å²) < 4.78 is 0. The first kappa shape index (κ1) is 94.1.